The van der Waals surface area contributed by atoms with Crippen LogP contribution in [0.4, 0.5) is 20.3 Å². The van der Waals surface area contributed by atoms with Crippen molar-refractivity contribution in [3.8, 4) is 5.75 Å². The zero-order valence-electron chi connectivity index (χ0n) is 12.6. The molecule has 0 aliphatic heterocycles. The number of aromatic amines is 1. The first-order valence-electron chi connectivity index (χ1n) is 7.18. The van der Waals surface area contributed by atoms with Crippen LogP contribution in [0.25, 0.3) is 21.8 Å². The average molecular weight is 326 g/mol. The summed E-state index contributed by atoms with van der Waals surface area (Å²) in [5.41, 5.74) is 1.54. The number of hydrogen-bond donors (Lipinski definition) is 2. The van der Waals surface area contributed by atoms with Crippen molar-refractivity contribution in [2.75, 3.05) is 12.4 Å². The van der Waals surface area contributed by atoms with Crippen LogP contribution in [0.3, 0.4) is 0 Å². The summed E-state index contributed by atoms with van der Waals surface area (Å²) in [5.74, 6) is -0.212. The lowest BCUT2D eigenvalue weighted by atomic mass is 10.1. The minimum absolute atomic E-state index is 0.261. The Morgan fingerprint density at radius 3 is 2.58 bits per heavy atom. The first-order chi connectivity index (χ1) is 11.6. The first-order valence-corrected chi connectivity index (χ1v) is 7.18. The fourth-order valence-electron chi connectivity index (χ4n) is 2.65. The normalized spacial score (nSPS) is 11.1. The van der Waals surface area contributed by atoms with Crippen LogP contribution in [-0.4, -0.2) is 22.3 Å². The second kappa shape index (κ2) is 5.45. The van der Waals surface area contributed by atoms with Crippen molar-refractivity contribution >= 4 is 33.3 Å². The van der Waals surface area contributed by atoms with Gasteiger partial charge in [0.2, 0.25) is 0 Å². The van der Waals surface area contributed by atoms with Crippen LogP contribution < -0.4 is 10.1 Å². The number of pyridine rings is 1. The van der Waals surface area contributed by atoms with E-state index in [1.807, 2.05) is 12.1 Å². The van der Waals surface area contributed by atoms with Crippen molar-refractivity contribution in [3.63, 3.8) is 0 Å². The quantitative estimate of drug-likeness (QED) is 0.594. The summed E-state index contributed by atoms with van der Waals surface area (Å²) in [6.45, 7) is 0. The van der Waals surface area contributed by atoms with Gasteiger partial charge in [-0.05, 0) is 30.3 Å². The highest BCUT2D eigenvalue weighted by Gasteiger charge is 2.12. The van der Waals surface area contributed by atoms with Crippen molar-refractivity contribution in [2.45, 2.75) is 0 Å². The molecule has 0 atom stereocenters. The second-order valence-electron chi connectivity index (χ2n) is 5.27. The molecule has 2 aromatic carbocycles. The van der Waals surface area contributed by atoms with Gasteiger partial charge in [-0.15, -0.1) is 0 Å². The number of rotatable bonds is 3. The Bertz CT molecular complexity index is 1040. The van der Waals surface area contributed by atoms with Crippen LogP contribution in [-0.2, 0) is 0 Å². The molecule has 7 heteroatoms. The molecule has 0 saturated carbocycles. The molecular weight excluding hydrogens is 314 g/mol. The summed E-state index contributed by atoms with van der Waals surface area (Å²) in [6.07, 6.45) is 1.75. The Morgan fingerprint density at radius 1 is 1.04 bits per heavy atom. The molecular formula is C17H12F2N4O. The molecule has 0 radical (unpaired) electrons. The van der Waals surface area contributed by atoms with Gasteiger partial charge in [-0.1, -0.05) is 0 Å². The lowest BCUT2D eigenvalue weighted by Crippen LogP contribution is -1.97. The maximum atomic E-state index is 13.4. The lowest BCUT2D eigenvalue weighted by Gasteiger charge is -2.09. The van der Waals surface area contributed by atoms with E-state index in [4.69, 9.17) is 4.74 Å². The number of ether oxygens (including phenoxy) is 1. The van der Waals surface area contributed by atoms with Crippen LogP contribution in [0.1, 0.15) is 0 Å². The van der Waals surface area contributed by atoms with Gasteiger partial charge in [-0.3, -0.25) is 5.10 Å². The highest BCUT2D eigenvalue weighted by atomic mass is 19.1. The summed E-state index contributed by atoms with van der Waals surface area (Å²) in [7, 11) is 1.59. The molecule has 0 aliphatic carbocycles. The molecule has 4 rings (SSSR count). The van der Waals surface area contributed by atoms with Crippen LogP contribution in [0, 0.1) is 11.6 Å². The Morgan fingerprint density at radius 2 is 1.83 bits per heavy atom. The molecule has 2 N–H and O–H groups in total. The Kier molecular flexibility index (Phi) is 3.26. The molecule has 2 heterocycles. The van der Waals surface area contributed by atoms with Crippen LogP contribution in [0.5, 0.6) is 5.75 Å². The highest BCUT2D eigenvalue weighted by molar-refractivity contribution is 6.09. The summed E-state index contributed by atoms with van der Waals surface area (Å²) in [6, 6.07) is 8.69. The van der Waals surface area contributed by atoms with E-state index in [1.54, 1.807) is 19.4 Å². The predicted octanol–water partition coefficient (Wildman–Crippen LogP) is 4.14. The molecule has 2 aromatic heterocycles. The van der Waals surface area contributed by atoms with Gasteiger partial charge < -0.3 is 10.1 Å². The number of fused-ring (bicyclic) bond motifs is 3. The molecule has 0 unspecified atom stereocenters. The molecule has 0 saturated heterocycles. The minimum atomic E-state index is -0.665. The molecule has 0 fully saturated rings. The number of nitrogens with zero attached hydrogens (tertiary/aromatic N) is 2. The van der Waals surface area contributed by atoms with Gasteiger partial charge >= 0.3 is 0 Å². The third kappa shape index (κ3) is 2.40. The third-order valence-corrected chi connectivity index (χ3v) is 3.72. The average Bonchev–Trinajstić information content (AvgIpc) is 3.04. The van der Waals surface area contributed by atoms with Crippen LogP contribution in [0.2, 0.25) is 0 Å². The van der Waals surface area contributed by atoms with E-state index in [0.717, 1.165) is 16.8 Å². The number of nitrogens with one attached hydrogen (secondary N) is 2. The van der Waals surface area contributed by atoms with E-state index in [1.165, 1.54) is 12.1 Å². The van der Waals surface area contributed by atoms with Crippen molar-refractivity contribution in [2.24, 2.45) is 0 Å². The van der Waals surface area contributed by atoms with E-state index in [-0.39, 0.29) is 5.69 Å². The Balaban J connectivity index is 1.89. The van der Waals surface area contributed by atoms with Crippen LogP contribution in [0.15, 0.2) is 42.6 Å². The van der Waals surface area contributed by atoms with Gasteiger partial charge in [0.1, 0.15) is 22.9 Å². The molecule has 0 spiro atoms. The Hall–Kier alpha value is -3.22. The molecule has 4 aromatic rings. The Labute approximate surface area is 135 Å². The van der Waals surface area contributed by atoms with Gasteiger partial charge in [0.15, 0.2) is 5.82 Å². The van der Waals surface area contributed by atoms with Gasteiger partial charge in [0.05, 0.1) is 12.6 Å². The van der Waals surface area contributed by atoms with Crippen molar-refractivity contribution in [1.82, 2.24) is 15.2 Å². The summed E-state index contributed by atoms with van der Waals surface area (Å²) < 4.78 is 32.0. The highest BCUT2D eigenvalue weighted by Crippen LogP contribution is 2.31. The van der Waals surface area contributed by atoms with E-state index in [9.17, 15) is 8.78 Å². The molecule has 120 valence electrons. The van der Waals surface area contributed by atoms with E-state index in [0.29, 0.717) is 22.6 Å². The van der Waals surface area contributed by atoms with E-state index >= 15 is 0 Å². The fraction of sp³-hybridized carbons (Fsp3) is 0.0588. The maximum Gasteiger partial charge on any atom is 0.159 e. The molecule has 5 nitrogen and oxygen atoms in total. The third-order valence-electron chi connectivity index (χ3n) is 3.72. The number of halogens is 2. The zero-order valence-corrected chi connectivity index (χ0v) is 12.6. The minimum Gasteiger partial charge on any atom is -0.497 e. The first kappa shape index (κ1) is 14.4. The monoisotopic (exact) mass is 326 g/mol. The smallest absolute Gasteiger partial charge is 0.159 e. The molecule has 0 aliphatic rings. The molecule has 0 amide bonds. The molecule has 0 bridgehead atoms. The number of methoxy groups -OCH3 is 1. The standard InChI is InChI=1S/C17H12F2N4O/c1-24-12-2-3-15-13(7-12)14-8-20-23-16(14)17(22-15)21-11-5-9(18)4-10(19)6-11/h2-8H,1H3,(H,20,23)(H,21,22). The number of hydrogen-bond acceptors (Lipinski definition) is 4. The van der Waals surface area contributed by atoms with Crippen molar-refractivity contribution in [1.29, 1.82) is 0 Å². The lowest BCUT2D eigenvalue weighted by molar-refractivity contribution is 0.415. The summed E-state index contributed by atoms with van der Waals surface area (Å²) >= 11 is 0. The number of benzene rings is 2. The van der Waals surface area contributed by atoms with Gasteiger partial charge in [-0.2, -0.15) is 5.10 Å². The van der Waals surface area contributed by atoms with Gasteiger partial charge in [-0.25, -0.2) is 13.8 Å². The van der Waals surface area contributed by atoms with Gasteiger partial charge in [0.25, 0.3) is 0 Å². The number of aromatic nitrogens is 3. The predicted molar refractivity (Wildman–Crippen MR) is 87.6 cm³/mol. The fourth-order valence-corrected chi connectivity index (χ4v) is 2.65. The topological polar surface area (TPSA) is 62.8 Å². The van der Waals surface area contributed by atoms with Crippen molar-refractivity contribution < 1.29 is 13.5 Å². The van der Waals surface area contributed by atoms with Crippen molar-refractivity contribution in [3.05, 3.63) is 54.2 Å². The number of anilines is 2. The summed E-state index contributed by atoms with van der Waals surface area (Å²) in [4.78, 5) is 4.51. The van der Waals surface area contributed by atoms with Gasteiger partial charge in [0, 0.05) is 28.7 Å². The van der Waals surface area contributed by atoms with E-state index < -0.39 is 11.6 Å². The van der Waals surface area contributed by atoms with E-state index in [2.05, 4.69) is 20.5 Å². The second-order valence-corrected chi connectivity index (χ2v) is 5.27. The molecule has 24 heavy (non-hydrogen) atoms. The number of H-pyrrole nitrogens is 1. The summed E-state index contributed by atoms with van der Waals surface area (Å²) in [5, 5.41) is 11.6. The maximum absolute atomic E-state index is 13.4. The largest absolute Gasteiger partial charge is 0.497 e. The zero-order chi connectivity index (χ0) is 16.7. The van der Waals surface area contributed by atoms with Crippen LogP contribution >= 0.6 is 0 Å². The SMILES string of the molecule is COc1ccc2nc(Nc3cc(F)cc(F)c3)c3n[nH]cc3c2c1.